The number of ether oxygens (including phenoxy) is 3. The molecule has 0 bridgehead atoms. The molecule has 1 aliphatic rings. The molecule has 4 rings (SSSR count). The molecule has 0 aliphatic carbocycles. The highest BCUT2D eigenvalue weighted by Gasteiger charge is 2.47. The van der Waals surface area contributed by atoms with Crippen molar-refractivity contribution in [2.45, 2.75) is 90.6 Å². The number of methoxy groups -OCH3 is 1. The van der Waals surface area contributed by atoms with Crippen molar-refractivity contribution in [3.05, 3.63) is 54.6 Å². The minimum atomic E-state index is -3.01. The number of hydrogen-bond acceptors (Lipinski definition) is 8. The van der Waals surface area contributed by atoms with Gasteiger partial charge in [0.05, 0.1) is 24.9 Å². The molecule has 12 nitrogen and oxygen atoms in total. The number of benzene rings is 2. The predicted molar refractivity (Wildman–Crippen MR) is 181 cm³/mol. The summed E-state index contributed by atoms with van der Waals surface area (Å²) in [6, 6.07) is 12.0. The molecule has 0 spiro atoms. The monoisotopic (exact) mass is 698 g/mol. The number of carbonyl (C=O) groups excluding carboxylic acids is 3. The molecule has 3 amide bonds. The highest BCUT2D eigenvalue weighted by atomic mass is 19.3. The smallest absolute Gasteiger partial charge is 0.408 e. The van der Waals surface area contributed by atoms with Gasteiger partial charge in [-0.1, -0.05) is 51.1 Å². The van der Waals surface area contributed by atoms with Crippen LogP contribution in [0.25, 0.3) is 22.2 Å². The Morgan fingerprint density at radius 1 is 1.00 bits per heavy atom. The first-order valence-corrected chi connectivity index (χ1v) is 16.2. The second-order valence-corrected chi connectivity index (χ2v) is 14.2. The molecule has 50 heavy (non-hydrogen) atoms. The van der Waals surface area contributed by atoms with E-state index in [1.165, 1.54) is 12.0 Å². The average molecular weight is 699 g/mol. The summed E-state index contributed by atoms with van der Waals surface area (Å²) >= 11 is 0. The molecule has 270 valence electrons. The molecule has 1 unspecified atom stereocenters. The van der Waals surface area contributed by atoms with Crippen LogP contribution in [0.5, 0.6) is 11.5 Å². The van der Waals surface area contributed by atoms with Gasteiger partial charge in [0.2, 0.25) is 18.2 Å². The molecular weight excluding hydrogens is 654 g/mol. The first-order valence-electron chi connectivity index (χ1n) is 16.2. The molecule has 1 fully saturated rings. The largest absolute Gasteiger partial charge is 0.497 e. The zero-order chi connectivity index (χ0) is 37.0. The van der Waals surface area contributed by atoms with Gasteiger partial charge in [-0.3, -0.25) is 9.59 Å². The number of carboxylic acids is 1. The third kappa shape index (κ3) is 9.57. The Balaban J connectivity index is 1.73. The van der Waals surface area contributed by atoms with Crippen LogP contribution < -0.4 is 20.1 Å². The van der Waals surface area contributed by atoms with Crippen molar-refractivity contribution in [3.63, 3.8) is 0 Å². The van der Waals surface area contributed by atoms with Crippen molar-refractivity contribution >= 4 is 34.8 Å². The third-order valence-electron chi connectivity index (χ3n) is 7.99. The van der Waals surface area contributed by atoms with Crippen LogP contribution in [0.15, 0.2) is 54.6 Å². The fourth-order valence-corrected chi connectivity index (χ4v) is 5.62. The molecule has 2 heterocycles. The standard InChI is InChI=1S/C36H44F2N4O8/c1-35(2,3)30(41-34(47)50-36(4,5)6)32(44)42-19-22(16-27(42)31(43)40-26(33(45)46)18-29(37)38)49-28-17-24(20-11-9-8-10-12-20)39-25-15-21(48-7)13-14-23(25)28/h8-15,17,22,26-27,29-30H,16,18-19H2,1-7H3,(H,40,43)(H,41,47)(H,45,46)/t22-,26-,27?,30-/m1/s1. The van der Waals surface area contributed by atoms with E-state index in [1.54, 1.807) is 65.8 Å². The Morgan fingerprint density at radius 2 is 1.68 bits per heavy atom. The molecule has 2 aromatic carbocycles. The van der Waals surface area contributed by atoms with E-state index in [-0.39, 0.29) is 13.0 Å². The van der Waals surface area contributed by atoms with Crippen molar-refractivity contribution in [1.82, 2.24) is 20.5 Å². The van der Waals surface area contributed by atoms with Crippen LogP contribution in [-0.4, -0.2) is 88.8 Å². The van der Waals surface area contributed by atoms with Crippen LogP contribution >= 0.6 is 0 Å². The third-order valence-corrected chi connectivity index (χ3v) is 7.99. The first-order chi connectivity index (χ1) is 23.4. The molecule has 1 aliphatic heterocycles. The van der Waals surface area contributed by atoms with E-state index in [0.717, 1.165) is 5.56 Å². The van der Waals surface area contributed by atoms with Crippen molar-refractivity contribution in [3.8, 4) is 22.8 Å². The van der Waals surface area contributed by atoms with Crippen LogP contribution in [0.3, 0.4) is 0 Å². The maximum atomic E-state index is 14.3. The Morgan fingerprint density at radius 3 is 2.26 bits per heavy atom. The first kappa shape index (κ1) is 37.8. The number of amides is 3. The second-order valence-electron chi connectivity index (χ2n) is 14.2. The molecule has 3 N–H and O–H groups in total. The summed E-state index contributed by atoms with van der Waals surface area (Å²) < 4.78 is 43.8. The van der Waals surface area contributed by atoms with Gasteiger partial charge in [0, 0.05) is 35.9 Å². The van der Waals surface area contributed by atoms with Gasteiger partial charge < -0.3 is 34.9 Å². The van der Waals surface area contributed by atoms with E-state index >= 15 is 0 Å². The topological polar surface area (TPSA) is 156 Å². The summed E-state index contributed by atoms with van der Waals surface area (Å²) in [6.07, 6.45) is -5.90. The van der Waals surface area contributed by atoms with Gasteiger partial charge in [-0.2, -0.15) is 0 Å². The Kier molecular flexibility index (Phi) is 11.5. The van der Waals surface area contributed by atoms with Gasteiger partial charge in [0.25, 0.3) is 0 Å². The zero-order valence-electron chi connectivity index (χ0n) is 29.2. The van der Waals surface area contributed by atoms with Crippen molar-refractivity contribution in [2.75, 3.05) is 13.7 Å². The number of aromatic nitrogens is 1. The lowest BCUT2D eigenvalue weighted by Gasteiger charge is -2.35. The number of pyridine rings is 1. The maximum absolute atomic E-state index is 14.3. The van der Waals surface area contributed by atoms with Gasteiger partial charge in [0.15, 0.2) is 0 Å². The SMILES string of the molecule is COc1ccc2c(O[C@@H]3CC(C(=O)N[C@H](CC(F)F)C(=O)O)N(C(=O)[C@@H](NC(=O)OC(C)(C)C)C(C)(C)C)C3)cc(-c3ccccc3)nc2c1. The molecule has 3 aromatic rings. The van der Waals surface area contributed by atoms with Crippen molar-refractivity contribution in [2.24, 2.45) is 5.41 Å². The van der Waals surface area contributed by atoms with Crippen LogP contribution in [0, 0.1) is 5.41 Å². The maximum Gasteiger partial charge on any atom is 0.408 e. The number of nitrogens with one attached hydrogen (secondary N) is 2. The fraction of sp³-hybridized carbons (Fsp3) is 0.472. The normalized spacial score (nSPS) is 17.6. The van der Waals surface area contributed by atoms with E-state index in [1.807, 2.05) is 30.3 Å². The molecule has 0 radical (unpaired) electrons. The van der Waals surface area contributed by atoms with Crippen LogP contribution in [0.1, 0.15) is 54.4 Å². The van der Waals surface area contributed by atoms with Crippen LogP contribution in [0.2, 0.25) is 0 Å². The fourth-order valence-electron chi connectivity index (χ4n) is 5.62. The highest BCUT2D eigenvalue weighted by molar-refractivity contribution is 5.94. The Bertz CT molecular complexity index is 1710. The van der Waals surface area contributed by atoms with Gasteiger partial charge in [-0.05, 0) is 38.3 Å². The number of rotatable bonds is 11. The van der Waals surface area contributed by atoms with Crippen molar-refractivity contribution in [1.29, 1.82) is 0 Å². The lowest BCUT2D eigenvalue weighted by Crippen LogP contribution is -2.59. The molecule has 1 saturated heterocycles. The number of alkyl carbamates (subject to hydrolysis) is 1. The van der Waals surface area contributed by atoms with E-state index < -0.39 is 72.0 Å². The number of nitrogens with zero attached hydrogens (tertiary/aromatic N) is 2. The number of carbonyl (C=O) groups is 4. The predicted octanol–water partition coefficient (Wildman–Crippen LogP) is 5.42. The summed E-state index contributed by atoms with van der Waals surface area (Å²) in [5.41, 5.74) is 0.219. The molecule has 4 atom stereocenters. The van der Waals surface area contributed by atoms with Crippen LogP contribution in [0.4, 0.5) is 13.6 Å². The Labute approximate surface area is 289 Å². The number of halogens is 2. The zero-order valence-corrected chi connectivity index (χ0v) is 29.2. The van der Waals surface area contributed by atoms with Gasteiger partial charge in [0.1, 0.15) is 41.3 Å². The summed E-state index contributed by atoms with van der Waals surface area (Å²) in [5, 5.41) is 15.0. The van der Waals surface area contributed by atoms with Gasteiger partial charge in [-0.25, -0.2) is 23.4 Å². The molecule has 1 aromatic heterocycles. The molecule has 0 saturated carbocycles. The van der Waals surface area contributed by atoms with E-state index in [9.17, 15) is 33.1 Å². The van der Waals surface area contributed by atoms with Crippen molar-refractivity contribution < 1.29 is 47.3 Å². The lowest BCUT2D eigenvalue weighted by molar-refractivity contribution is -0.146. The van der Waals surface area contributed by atoms with Crippen LogP contribution in [-0.2, 0) is 19.1 Å². The summed E-state index contributed by atoms with van der Waals surface area (Å²) in [5.74, 6) is -2.29. The number of likely N-dealkylation sites (tertiary alicyclic amines) is 1. The number of carboxylic acid groups (broad SMARTS) is 1. The number of aliphatic carboxylic acids is 1. The summed E-state index contributed by atoms with van der Waals surface area (Å²) in [6.45, 7) is 10.0. The Hall–Kier alpha value is -5.01. The lowest BCUT2D eigenvalue weighted by atomic mass is 9.85. The number of alkyl halides is 2. The minimum absolute atomic E-state index is 0.109. The van der Waals surface area contributed by atoms with E-state index in [4.69, 9.17) is 19.2 Å². The van der Waals surface area contributed by atoms with Gasteiger partial charge in [-0.15, -0.1) is 0 Å². The summed E-state index contributed by atoms with van der Waals surface area (Å²) in [7, 11) is 1.54. The highest BCUT2D eigenvalue weighted by Crippen LogP contribution is 2.35. The number of hydrogen-bond donors (Lipinski definition) is 3. The quantitative estimate of drug-likeness (QED) is 0.238. The molecule has 14 heteroatoms. The summed E-state index contributed by atoms with van der Waals surface area (Å²) in [4.78, 5) is 58.5. The number of fused-ring (bicyclic) bond motifs is 1. The second kappa shape index (κ2) is 15.3. The average Bonchev–Trinajstić information content (AvgIpc) is 3.45. The van der Waals surface area contributed by atoms with E-state index in [2.05, 4.69) is 10.6 Å². The minimum Gasteiger partial charge on any atom is -0.497 e. The molecular formula is C36H44F2N4O8. The van der Waals surface area contributed by atoms with Gasteiger partial charge >= 0.3 is 12.1 Å². The van der Waals surface area contributed by atoms with E-state index in [0.29, 0.717) is 28.1 Å².